The van der Waals surface area contributed by atoms with Crippen LogP contribution in [0, 0.1) is 0 Å². The summed E-state index contributed by atoms with van der Waals surface area (Å²) in [6.07, 6.45) is -11.8. The number of methoxy groups -OCH3 is 1. The number of esters is 1. The molecular weight excluding hydrogens is 631 g/mol. The Bertz CT molecular complexity index is 1030. The van der Waals surface area contributed by atoms with Crippen LogP contribution in [0.4, 0.5) is 74.6 Å². The Morgan fingerprint density at radius 1 is 0.650 bits per heavy atom. The van der Waals surface area contributed by atoms with E-state index in [-0.39, 0.29) is 23.8 Å². The molecule has 1 aromatic rings. The first-order chi connectivity index (χ1) is 17.6. The molecule has 232 valence electrons. The number of benzene rings is 1. The Labute approximate surface area is 216 Å². The molecule has 3 nitrogen and oxygen atoms in total. The van der Waals surface area contributed by atoms with Crippen molar-refractivity contribution in [3.05, 3.63) is 30.3 Å². The van der Waals surface area contributed by atoms with Gasteiger partial charge in [0.1, 0.15) is 0 Å². The quantitative estimate of drug-likeness (QED) is 0.101. The van der Waals surface area contributed by atoms with Crippen LogP contribution in [0.25, 0.3) is 0 Å². The average Bonchev–Trinajstić information content (AvgIpc) is 2.78. The van der Waals surface area contributed by atoms with E-state index in [1.807, 2.05) is 0 Å². The molecule has 0 saturated carbocycles. The lowest BCUT2D eigenvalue weighted by Gasteiger charge is -2.44. The Hall–Kier alpha value is -2.19. The van der Waals surface area contributed by atoms with E-state index in [2.05, 4.69) is 9.47 Å². The van der Waals surface area contributed by atoms with Crippen LogP contribution in [0.1, 0.15) is 6.92 Å². The third kappa shape index (κ3) is 5.50. The Morgan fingerprint density at radius 2 is 1.02 bits per heavy atom. The summed E-state index contributed by atoms with van der Waals surface area (Å²) in [6.45, 7) is 0.438. The fourth-order valence-electron chi connectivity index (χ4n) is 2.73. The van der Waals surface area contributed by atoms with E-state index >= 15 is 0 Å². The highest BCUT2D eigenvalue weighted by Crippen LogP contribution is 2.64. The van der Waals surface area contributed by atoms with Crippen LogP contribution in [0.2, 0.25) is 0 Å². The molecule has 0 fully saturated rings. The van der Waals surface area contributed by atoms with Crippen molar-refractivity contribution in [2.45, 2.75) is 71.0 Å². The highest BCUT2D eigenvalue weighted by Gasteiger charge is 2.95. The maximum Gasteiger partial charge on any atom is 0.460 e. The molecule has 1 rings (SSSR count). The summed E-state index contributed by atoms with van der Waals surface area (Å²) in [7, 11) is 0.0135. The number of hydrogen-bond acceptors (Lipinski definition) is 4. The van der Waals surface area contributed by atoms with E-state index in [0.717, 1.165) is 24.3 Å². The summed E-state index contributed by atoms with van der Waals surface area (Å²) in [5.41, 5.74) is -2.90. The third-order valence-electron chi connectivity index (χ3n) is 4.88. The summed E-state index contributed by atoms with van der Waals surface area (Å²) in [6, 6.07) is 5.64. The lowest BCUT2D eigenvalue weighted by molar-refractivity contribution is -0.464. The van der Waals surface area contributed by atoms with Crippen molar-refractivity contribution in [3.63, 3.8) is 0 Å². The number of halogens is 17. The van der Waals surface area contributed by atoms with Crippen LogP contribution < -0.4 is 0 Å². The number of hydrogen-bond donors (Lipinski definition) is 0. The van der Waals surface area contributed by atoms with Gasteiger partial charge in [-0.2, -0.15) is 74.6 Å². The first-order valence-electron chi connectivity index (χ1n) is 9.72. The smallest absolute Gasteiger partial charge is 0.448 e. The Morgan fingerprint density at radius 3 is 1.38 bits per heavy atom. The maximum absolute atomic E-state index is 14.7. The van der Waals surface area contributed by atoms with Crippen LogP contribution >= 0.6 is 11.8 Å². The van der Waals surface area contributed by atoms with E-state index in [1.165, 1.54) is 6.07 Å². The molecule has 0 saturated heterocycles. The van der Waals surface area contributed by atoms with Crippen molar-refractivity contribution >= 4 is 17.7 Å². The predicted molar refractivity (Wildman–Crippen MR) is 99.3 cm³/mol. The topological polar surface area (TPSA) is 35.5 Å². The number of alkyl halides is 17. The molecule has 2 unspecified atom stereocenters. The lowest BCUT2D eigenvalue weighted by Crippen LogP contribution is -2.75. The summed E-state index contributed by atoms with van der Waals surface area (Å²) >= 11 is -0.179. The van der Waals surface area contributed by atoms with E-state index in [9.17, 15) is 79.4 Å². The summed E-state index contributed by atoms with van der Waals surface area (Å²) in [4.78, 5) is 11.0. The largest absolute Gasteiger partial charge is 0.460 e. The van der Waals surface area contributed by atoms with Gasteiger partial charge in [-0.05, 0) is 12.1 Å². The van der Waals surface area contributed by atoms with Gasteiger partial charge in [0.15, 0.2) is 11.5 Å². The van der Waals surface area contributed by atoms with Gasteiger partial charge in [-0.3, -0.25) is 4.79 Å². The third-order valence-corrected chi connectivity index (χ3v) is 6.00. The number of thioether (sulfide) groups is 1. The normalized spacial score (nSPS) is 16.5. The highest BCUT2D eigenvalue weighted by atomic mass is 32.2. The molecule has 0 N–H and O–H groups in total. The molecule has 0 heterocycles. The Balaban J connectivity index is 3.73. The molecule has 0 spiro atoms. The van der Waals surface area contributed by atoms with Crippen molar-refractivity contribution in [3.8, 4) is 0 Å². The molecule has 40 heavy (non-hydrogen) atoms. The van der Waals surface area contributed by atoms with Gasteiger partial charge in [0.2, 0.25) is 0 Å². The summed E-state index contributed by atoms with van der Waals surface area (Å²) in [5.74, 6) is -59.4. The molecular formula is C19H13F17O3S. The monoisotopic (exact) mass is 644 g/mol. The highest BCUT2D eigenvalue weighted by molar-refractivity contribution is 7.99. The molecule has 21 heteroatoms. The van der Waals surface area contributed by atoms with Gasteiger partial charge < -0.3 is 9.47 Å². The van der Waals surface area contributed by atoms with Crippen molar-refractivity contribution in [2.24, 2.45) is 0 Å². The average molecular weight is 644 g/mol. The summed E-state index contributed by atoms with van der Waals surface area (Å²) in [5, 5.41) is 0. The molecule has 0 aliphatic rings. The van der Waals surface area contributed by atoms with Crippen LogP contribution in [-0.4, -0.2) is 72.3 Å². The second-order valence-electron chi connectivity index (χ2n) is 7.63. The standard InChI is InChI=1S/C19H13F17O3S/c1-8(37)39-11(40-9-6-4-3-5-7-9)10(38-2)12(20,21)13(22,23)14(24,25)15(26,27)16(28,29)17(30,31)18(32,33)19(34,35)36/h3-7,10-11H,1-2H3. The van der Waals surface area contributed by atoms with E-state index in [0.29, 0.717) is 6.92 Å². The molecule has 0 aliphatic heterocycles. The van der Waals surface area contributed by atoms with Crippen LogP contribution in [0.15, 0.2) is 35.2 Å². The second kappa shape index (κ2) is 10.9. The molecule has 0 aromatic heterocycles. The minimum atomic E-state index is -8.75. The minimum absolute atomic E-state index is 0.0135. The van der Waals surface area contributed by atoms with Crippen molar-refractivity contribution in [2.75, 3.05) is 7.11 Å². The first kappa shape index (κ1) is 35.8. The number of carbonyl (C=O) groups excluding carboxylic acids is 1. The molecule has 0 amide bonds. The SMILES string of the molecule is COC(C(OC(C)=O)Sc1ccccc1)C(F)(F)C(F)(F)C(F)(F)C(F)(F)C(F)(F)C(F)(F)C(F)(F)C(F)(F)F. The number of carbonyl (C=O) groups is 1. The Kier molecular flexibility index (Phi) is 9.76. The molecule has 0 radical (unpaired) electrons. The van der Waals surface area contributed by atoms with Gasteiger partial charge in [0, 0.05) is 18.9 Å². The van der Waals surface area contributed by atoms with E-state index in [1.54, 1.807) is 0 Å². The first-order valence-corrected chi connectivity index (χ1v) is 10.6. The molecule has 1 aromatic carbocycles. The van der Waals surface area contributed by atoms with Gasteiger partial charge in [-0.15, -0.1) is 0 Å². The van der Waals surface area contributed by atoms with Gasteiger partial charge >= 0.3 is 53.6 Å². The molecule has 0 aliphatic carbocycles. The van der Waals surface area contributed by atoms with Crippen molar-refractivity contribution in [1.82, 2.24) is 0 Å². The van der Waals surface area contributed by atoms with Crippen molar-refractivity contribution < 1.29 is 88.9 Å². The van der Waals surface area contributed by atoms with Gasteiger partial charge in [0.05, 0.1) is 0 Å². The minimum Gasteiger partial charge on any atom is -0.448 e. The zero-order valence-corrected chi connectivity index (χ0v) is 19.9. The van der Waals surface area contributed by atoms with E-state index in [4.69, 9.17) is 0 Å². The molecule has 2 atom stereocenters. The fraction of sp³-hybridized carbons (Fsp3) is 0.632. The van der Waals surface area contributed by atoms with Crippen LogP contribution in [0.3, 0.4) is 0 Å². The van der Waals surface area contributed by atoms with Gasteiger partial charge in [-0.1, -0.05) is 30.0 Å². The predicted octanol–water partition coefficient (Wildman–Crippen LogP) is 7.69. The fourth-order valence-corrected chi connectivity index (χ4v) is 3.90. The van der Waals surface area contributed by atoms with Gasteiger partial charge in [-0.25, -0.2) is 0 Å². The van der Waals surface area contributed by atoms with E-state index < -0.39 is 65.1 Å². The molecule has 0 bridgehead atoms. The zero-order chi connectivity index (χ0) is 32.0. The maximum atomic E-state index is 14.7. The summed E-state index contributed by atoms with van der Waals surface area (Å²) < 4.78 is 239. The number of rotatable bonds is 12. The van der Waals surface area contributed by atoms with Crippen molar-refractivity contribution in [1.29, 1.82) is 0 Å². The van der Waals surface area contributed by atoms with Gasteiger partial charge in [0.25, 0.3) is 0 Å². The zero-order valence-electron chi connectivity index (χ0n) is 19.1. The van der Waals surface area contributed by atoms with Crippen LogP contribution in [-0.2, 0) is 14.3 Å². The lowest BCUT2D eigenvalue weighted by atomic mass is 9.87. The number of ether oxygens (including phenoxy) is 2. The second-order valence-corrected chi connectivity index (χ2v) is 8.80. The van der Waals surface area contributed by atoms with Crippen LogP contribution in [0.5, 0.6) is 0 Å².